The number of thiophene rings is 1. The molecule has 0 spiro atoms. The highest BCUT2D eigenvalue weighted by Gasteiger charge is 2.34. The number of Topliss-reactive ketones (excluding diaryl/α,β-unsaturated/α-hetero) is 1. The number of rotatable bonds is 3. The van der Waals surface area contributed by atoms with E-state index in [0.717, 1.165) is 30.1 Å². The molecule has 2 heterocycles. The van der Waals surface area contributed by atoms with Crippen LogP contribution in [0.4, 0.5) is 4.39 Å². The maximum Gasteiger partial charge on any atom is 0.227 e. The van der Waals surface area contributed by atoms with E-state index in [2.05, 4.69) is 0 Å². The molecule has 1 amide bonds. The molecule has 2 fully saturated rings. The van der Waals surface area contributed by atoms with Gasteiger partial charge >= 0.3 is 0 Å². The molecule has 4 rings (SSSR count). The first-order valence-electron chi connectivity index (χ1n) is 10.8. The Morgan fingerprint density at radius 3 is 2.59 bits per heavy atom. The summed E-state index contributed by atoms with van der Waals surface area (Å²) in [5.74, 6) is 1.14. The van der Waals surface area contributed by atoms with Gasteiger partial charge in [-0.3, -0.25) is 9.59 Å². The number of nitrogens with zero attached hydrogens (tertiary/aromatic N) is 1. The molecule has 2 aromatic rings. The second-order valence-electron chi connectivity index (χ2n) is 9.74. The average Bonchev–Trinajstić information content (AvgIpc) is 3.03. The fourth-order valence-electron chi connectivity index (χ4n) is 4.91. The number of hydrogen-bond acceptors (Lipinski definition) is 3. The average molecular weight is 416 g/mol. The number of likely N-dealkylation sites (tertiary alicyclic amines) is 1. The predicted molar refractivity (Wildman–Crippen MR) is 116 cm³/mol. The van der Waals surface area contributed by atoms with Crippen LogP contribution in [-0.4, -0.2) is 29.7 Å². The van der Waals surface area contributed by atoms with E-state index < -0.39 is 5.41 Å². The highest BCUT2D eigenvalue weighted by molar-refractivity contribution is 7.21. The molecule has 1 saturated carbocycles. The Kier molecular flexibility index (Phi) is 5.54. The minimum absolute atomic E-state index is 0.0212. The summed E-state index contributed by atoms with van der Waals surface area (Å²) in [7, 11) is 0. The lowest BCUT2D eigenvalue weighted by molar-refractivity contribution is -0.133. The summed E-state index contributed by atoms with van der Waals surface area (Å²) in [6.07, 6.45) is 6.36. The molecule has 156 valence electrons. The lowest BCUT2D eigenvalue weighted by Gasteiger charge is -2.41. The first-order chi connectivity index (χ1) is 13.7. The van der Waals surface area contributed by atoms with E-state index in [4.69, 9.17) is 0 Å². The molecule has 5 heteroatoms. The molecule has 0 bridgehead atoms. The van der Waals surface area contributed by atoms with Crippen LogP contribution >= 0.6 is 11.3 Å². The van der Waals surface area contributed by atoms with Crippen LogP contribution in [0.2, 0.25) is 0 Å². The van der Waals surface area contributed by atoms with E-state index >= 15 is 0 Å². The topological polar surface area (TPSA) is 37.4 Å². The van der Waals surface area contributed by atoms with Crippen molar-refractivity contribution in [2.75, 3.05) is 13.1 Å². The van der Waals surface area contributed by atoms with Gasteiger partial charge in [0.2, 0.25) is 5.91 Å². The van der Waals surface area contributed by atoms with Crippen molar-refractivity contribution in [3.8, 4) is 0 Å². The van der Waals surface area contributed by atoms with Gasteiger partial charge in [0.05, 0.1) is 11.3 Å². The van der Waals surface area contributed by atoms with Crippen molar-refractivity contribution >= 4 is 33.1 Å². The van der Waals surface area contributed by atoms with E-state index in [0.29, 0.717) is 21.7 Å². The minimum atomic E-state index is -0.544. The standard InChI is InChI=1S/C24H30FNO2S/c1-24(2,3)23(28)22-19(18-12-17(25)8-9-20(18)29-22)13-21(27)26-11-10-15-6-4-5-7-16(15)14-26/h8-9,12,15-16H,4-7,10-11,13-14H2,1-3H3/t15-,16+/m0/s1. The van der Waals surface area contributed by atoms with Crippen LogP contribution in [0.1, 0.15) is 68.1 Å². The van der Waals surface area contributed by atoms with Gasteiger partial charge in [-0.25, -0.2) is 4.39 Å². The van der Waals surface area contributed by atoms with E-state index in [-0.39, 0.29) is 23.9 Å². The second kappa shape index (κ2) is 7.82. The smallest absolute Gasteiger partial charge is 0.227 e. The number of hydrogen-bond donors (Lipinski definition) is 0. The number of amides is 1. The Labute approximate surface area is 176 Å². The lowest BCUT2D eigenvalue weighted by Crippen LogP contribution is -2.45. The molecule has 0 unspecified atom stereocenters. The van der Waals surface area contributed by atoms with Gasteiger partial charge in [0.1, 0.15) is 5.82 Å². The Morgan fingerprint density at radius 2 is 1.86 bits per heavy atom. The molecule has 0 radical (unpaired) electrons. The van der Waals surface area contributed by atoms with E-state index in [1.807, 2.05) is 25.7 Å². The summed E-state index contributed by atoms with van der Waals surface area (Å²) in [4.78, 5) is 28.9. The summed E-state index contributed by atoms with van der Waals surface area (Å²) >= 11 is 1.39. The van der Waals surface area contributed by atoms with Crippen LogP contribution in [0, 0.1) is 23.1 Å². The molecule has 3 nitrogen and oxygen atoms in total. The van der Waals surface area contributed by atoms with Crippen molar-refractivity contribution in [1.29, 1.82) is 0 Å². The predicted octanol–water partition coefficient (Wildman–Crippen LogP) is 5.85. The normalized spacial score (nSPS) is 22.6. The zero-order valence-electron chi connectivity index (χ0n) is 17.6. The molecular formula is C24H30FNO2S. The number of halogens is 1. The minimum Gasteiger partial charge on any atom is -0.342 e. The van der Waals surface area contributed by atoms with Gasteiger partial charge in [0.25, 0.3) is 0 Å². The number of carbonyl (C=O) groups is 2. The monoisotopic (exact) mass is 415 g/mol. The molecule has 1 aromatic heterocycles. The largest absolute Gasteiger partial charge is 0.342 e. The molecule has 1 aliphatic carbocycles. The van der Waals surface area contributed by atoms with Crippen molar-refractivity contribution in [2.45, 2.75) is 59.3 Å². The maximum atomic E-state index is 14.0. The van der Waals surface area contributed by atoms with Gasteiger partial charge in [-0.15, -0.1) is 11.3 Å². The summed E-state index contributed by atoms with van der Waals surface area (Å²) in [5.41, 5.74) is 0.165. The summed E-state index contributed by atoms with van der Waals surface area (Å²) < 4.78 is 14.8. The van der Waals surface area contributed by atoms with Gasteiger partial charge in [-0.05, 0) is 53.8 Å². The molecule has 29 heavy (non-hydrogen) atoms. The van der Waals surface area contributed by atoms with Crippen molar-refractivity contribution in [2.24, 2.45) is 17.3 Å². The molecule has 1 aliphatic heterocycles. The Hall–Kier alpha value is -1.75. The van der Waals surface area contributed by atoms with Crippen molar-refractivity contribution in [3.05, 3.63) is 34.5 Å². The highest BCUT2D eigenvalue weighted by atomic mass is 32.1. The second-order valence-corrected chi connectivity index (χ2v) is 10.8. The van der Waals surface area contributed by atoms with Crippen molar-refractivity contribution in [3.63, 3.8) is 0 Å². The van der Waals surface area contributed by atoms with Crippen LogP contribution < -0.4 is 0 Å². The molecule has 1 aromatic carbocycles. The number of carbonyl (C=O) groups excluding carboxylic acids is 2. The van der Waals surface area contributed by atoms with Gasteiger partial charge in [0.15, 0.2) is 5.78 Å². The van der Waals surface area contributed by atoms with Gasteiger partial charge in [-0.2, -0.15) is 0 Å². The van der Waals surface area contributed by atoms with Gasteiger partial charge in [-0.1, -0.05) is 40.0 Å². The third-order valence-corrected chi connectivity index (χ3v) is 7.82. The summed E-state index contributed by atoms with van der Waals surface area (Å²) in [5, 5.41) is 0.712. The number of ketones is 1. The Bertz CT molecular complexity index is 942. The van der Waals surface area contributed by atoms with Crippen molar-refractivity contribution < 1.29 is 14.0 Å². The third-order valence-electron chi connectivity index (χ3n) is 6.61. The molecule has 0 N–H and O–H groups in total. The Balaban J connectivity index is 1.63. The maximum absolute atomic E-state index is 14.0. The Morgan fingerprint density at radius 1 is 1.14 bits per heavy atom. The fraction of sp³-hybridized carbons (Fsp3) is 0.583. The van der Waals surface area contributed by atoms with Crippen LogP contribution in [0.25, 0.3) is 10.1 Å². The van der Waals surface area contributed by atoms with Gasteiger partial charge in [0, 0.05) is 23.2 Å². The van der Waals surface area contributed by atoms with E-state index in [9.17, 15) is 14.0 Å². The zero-order chi connectivity index (χ0) is 20.8. The quantitative estimate of drug-likeness (QED) is 0.590. The third kappa shape index (κ3) is 4.11. The highest BCUT2D eigenvalue weighted by Crippen LogP contribution is 2.38. The molecule has 2 aliphatic rings. The van der Waals surface area contributed by atoms with Crippen LogP contribution in [0.15, 0.2) is 18.2 Å². The summed E-state index contributed by atoms with van der Waals surface area (Å²) in [6, 6.07) is 4.61. The van der Waals surface area contributed by atoms with Crippen molar-refractivity contribution in [1.82, 2.24) is 4.90 Å². The lowest BCUT2D eigenvalue weighted by atomic mass is 9.75. The molecule has 2 atom stereocenters. The van der Waals surface area contributed by atoms with Crippen LogP contribution in [-0.2, 0) is 11.2 Å². The molecular weight excluding hydrogens is 385 g/mol. The SMILES string of the molecule is CC(C)(C)C(=O)c1sc2ccc(F)cc2c1CC(=O)N1CC[C@@H]2CCCC[C@@H]2C1. The first kappa shape index (κ1) is 20.5. The summed E-state index contributed by atoms with van der Waals surface area (Å²) in [6.45, 7) is 7.31. The van der Waals surface area contributed by atoms with Crippen LogP contribution in [0.3, 0.4) is 0 Å². The number of piperidine rings is 1. The fourth-order valence-corrected chi connectivity index (χ4v) is 6.26. The molecule has 1 saturated heterocycles. The van der Waals surface area contributed by atoms with Gasteiger partial charge < -0.3 is 4.90 Å². The zero-order valence-corrected chi connectivity index (χ0v) is 18.4. The number of fused-ring (bicyclic) bond motifs is 2. The van der Waals surface area contributed by atoms with E-state index in [1.165, 1.54) is 49.2 Å². The number of benzene rings is 1. The van der Waals surface area contributed by atoms with Crippen LogP contribution in [0.5, 0.6) is 0 Å². The first-order valence-corrected chi connectivity index (χ1v) is 11.6. The van der Waals surface area contributed by atoms with E-state index in [1.54, 1.807) is 6.07 Å².